The fourth-order valence-electron chi connectivity index (χ4n) is 2.82. The smallest absolute Gasteiger partial charge is 0.241 e. The van der Waals surface area contributed by atoms with Crippen molar-refractivity contribution in [2.45, 2.75) is 46.2 Å². The van der Waals surface area contributed by atoms with Gasteiger partial charge in [0.05, 0.1) is 21.3 Å². The van der Waals surface area contributed by atoms with Crippen LogP contribution in [0.1, 0.15) is 43.0 Å². The first-order valence-electron chi connectivity index (χ1n) is 9.22. The van der Waals surface area contributed by atoms with Crippen molar-refractivity contribution in [1.29, 1.82) is 0 Å². The normalized spacial score (nSPS) is 12.6. The van der Waals surface area contributed by atoms with Gasteiger partial charge in [0.25, 0.3) is 0 Å². The Bertz CT molecular complexity index is 883. The van der Waals surface area contributed by atoms with E-state index in [0.29, 0.717) is 18.2 Å². The van der Waals surface area contributed by atoms with Crippen molar-refractivity contribution in [2.75, 3.05) is 6.54 Å². The number of nitrogens with two attached hydrogens (primary N) is 1. The molecule has 3 N–H and O–H groups in total. The topological polar surface area (TPSA) is 98.7 Å². The van der Waals surface area contributed by atoms with E-state index >= 15 is 0 Å². The van der Waals surface area contributed by atoms with Gasteiger partial charge in [-0.1, -0.05) is 26.0 Å². The van der Waals surface area contributed by atoms with E-state index in [1.165, 1.54) is 4.70 Å². The molecule has 27 heavy (non-hydrogen) atoms. The molecule has 3 rings (SSSR count). The predicted octanol–water partition coefficient (Wildman–Crippen LogP) is 2.60. The zero-order valence-corrected chi connectivity index (χ0v) is 16.8. The molecule has 2 aromatic heterocycles. The number of hydrogen-bond donors (Lipinski definition) is 2. The summed E-state index contributed by atoms with van der Waals surface area (Å²) in [7, 11) is 0. The fraction of sp³-hybridized carbons (Fsp3) is 0.474. The number of carbonyl (C=O) groups excluding carboxylic acids is 1. The molecule has 2 heterocycles. The molecule has 0 aliphatic carbocycles. The van der Waals surface area contributed by atoms with Crippen molar-refractivity contribution >= 4 is 27.5 Å². The third kappa shape index (κ3) is 4.90. The zero-order valence-electron chi connectivity index (χ0n) is 16.0. The number of hydrogen-bond acceptors (Lipinski definition) is 6. The molecule has 0 saturated carbocycles. The van der Waals surface area contributed by atoms with E-state index in [1.807, 2.05) is 39.0 Å². The Morgan fingerprint density at radius 2 is 2.07 bits per heavy atom. The number of thiazole rings is 1. The van der Waals surface area contributed by atoms with Crippen molar-refractivity contribution in [3.05, 3.63) is 40.9 Å². The van der Waals surface area contributed by atoms with Crippen LogP contribution < -0.4 is 11.1 Å². The minimum atomic E-state index is -0.238. The van der Waals surface area contributed by atoms with Gasteiger partial charge in [-0.05, 0) is 31.4 Å². The standard InChI is InChI=1S/C19H26N6OS/c1-12(2)18(20)19-22-13(3)24-25(19)11-16(26)21-10-6-9-17-23-14-7-4-5-8-15(14)27-17/h4-5,7-8,12,18H,6,9-11,20H2,1-3H3,(H,21,26)/t18-/m0/s1. The van der Waals surface area contributed by atoms with E-state index in [0.717, 1.165) is 23.4 Å². The minimum absolute atomic E-state index is 0.0820. The molecule has 0 spiro atoms. The van der Waals surface area contributed by atoms with Gasteiger partial charge in [0.15, 0.2) is 0 Å². The monoisotopic (exact) mass is 386 g/mol. The van der Waals surface area contributed by atoms with Crippen LogP contribution in [0.15, 0.2) is 24.3 Å². The van der Waals surface area contributed by atoms with E-state index in [2.05, 4.69) is 26.4 Å². The van der Waals surface area contributed by atoms with Gasteiger partial charge in [-0.2, -0.15) is 5.10 Å². The van der Waals surface area contributed by atoms with Gasteiger partial charge in [0.2, 0.25) is 5.91 Å². The lowest BCUT2D eigenvalue weighted by Gasteiger charge is -2.15. The van der Waals surface area contributed by atoms with Gasteiger partial charge in [-0.25, -0.2) is 14.6 Å². The third-order valence-corrected chi connectivity index (χ3v) is 5.44. The first-order chi connectivity index (χ1) is 12.9. The summed E-state index contributed by atoms with van der Waals surface area (Å²) in [5, 5.41) is 8.36. The maximum absolute atomic E-state index is 12.3. The lowest BCUT2D eigenvalue weighted by Crippen LogP contribution is -2.31. The van der Waals surface area contributed by atoms with E-state index in [1.54, 1.807) is 16.0 Å². The zero-order chi connectivity index (χ0) is 19.4. The molecule has 3 aromatic rings. The number of nitrogens with one attached hydrogen (secondary N) is 1. The first-order valence-corrected chi connectivity index (χ1v) is 10.0. The average Bonchev–Trinajstić information content (AvgIpc) is 3.20. The first kappa shape index (κ1) is 19.4. The number of amides is 1. The van der Waals surface area contributed by atoms with Crippen molar-refractivity contribution in [3.63, 3.8) is 0 Å². The highest BCUT2D eigenvalue weighted by molar-refractivity contribution is 7.18. The maximum atomic E-state index is 12.3. The van der Waals surface area contributed by atoms with Crippen LogP contribution in [0.2, 0.25) is 0 Å². The maximum Gasteiger partial charge on any atom is 0.241 e. The molecule has 144 valence electrons. The molecule has 0 radical (unpaired) electrons. The largest absolute Gasteiger partial charge is 0.354 e. The van der Waals surface area contributed by atoms with Crippen molar-refractivity contribution < 1.29 is 4.79 Å². The summed E-state index contributed by atoms with van der Waals surface area (Å²) in [5.74, 6) is 1.43. The molecule has 1 amide bonds. The molecule has 1 atom stereocenters. The lowest BCUT2D eigenvalue weighted by molar-refractivity contribution is -0.121. The third-order valence-electron chi connectivity index (χ3n) is 4.34. The summed E-state index contributed by atoms with van der Waals surface area (Å²) < 4.78 is 2.81. The Balaban J connectivity index is 1.48. The van der Waals surface area contributed by atoms with Crippen LogP contribution in [0, 0.1) is 12.8 Å². The minimum Gasteiger partial charge on any atom is -0.354 e. The number of nitrogens with zero attached hydrogens (tertiary/aromatic N) is 4. The van der Waals surface area contributed by atoms with Gasteiger partial charge >= 0.3 is 0 Å². The average molecular weight is 387 g/mol. The molecular weight excluding hydrogens is 360 g/mol. The predicted molar refractivity (Wildman–Crippen MR) is 107 cm³/mol. The van der Waals surface area contributed by atoms with Crippen molar-refractivity contribution in [1.82, 2.24) is 25.1 Å². The molecule has 0 saturated heterocycles. The number of aromatic nitrogens is 4. The number of carbonyl (C=O) groups is 1. The SMILES string of the molecule is Cc1nc([C@@H](N)C(C)C)n(CC(=O)NCCCc2nc3ccccc3s2)n1. The Hall–Kier alpha value is -2.32. The molecule has 1 aromatic carbocycles. The second-order valence-corrected chi connectivity index (χ2v) is 8.09. The van der Waals surface area contributed by atoms with Crippen LogP contribution in [0.3, 0.4) is 0 Å². The number of fused-ring (bicyclic) bond motifs is 1. The van der Waals surface area contributed by atoms with E-state index in [9.17, 15) is 4.79 Å². The van der Waals surface area contributed by atoms with Crippen LogP contribution in [-0.2, 0) is 17.8 Å². The van der Waals surface area contributed by atoms with E-state index in [4.69, 9.17) is 5.73 Å². The molecule has 0 unspecified atom stereocenters. The van der Waals surface area contributed by atoms with Gasteiger partial charge in [0.1, 0.15) is 18.2 Å². The van der Waals surface area contributed by atoms with Crippen LogP contribution in [0.4, 0.5) is 0 Å². The van der Waals surface area contributed by atoms with Crippen LogP contribution in [0.5, 0.6) is 0 Å². The van der Waals surface area contributed by atoms with E-state index < -0.39 is 0 Å². The molecule has 0 fully saturated rings. The molecule has 0 aliphatic rings. The van der Waals surface area contributed by atoms with Gasteiger partial charge in [-0.15, -0.1) is 11.3 Å². The highest BCUT2D eigenvalue weighted by Crippen LogP contribution is 2.22. The summed E-state index contributed by atoms with van der Waals surface area (Å²) in [5.41, 5.74) is 7.22. The molecule has 8 heteroatoms. The summed E-state index contributed by atoms with van der Waals surface area (Å²) in [4.78, 5) is 21.3. The molecule has 7 nitrogen and oxygen atoms in total. The van der Waals surface area contributed by atoms with E-state index in [-0.39, 0.29) is 24.4 Å². The number of rotatable bonds is 8. The quantitative estimate of drug-likeness (QED) is 0.580. The van der Waals surface area contributed by atoms with Crippen LogP contribution in [-0.4, -0.2) is 32.2 Å². The number of aryl methyl sites for hydroxylation is 2. The number of para-hydroxylation sites is 1. The molecule has 0 aliphatic heterocycles. The summed E-state index contributed by atoms with van der Waals surface area (Å²) in [6.07, 6.45) is 1.70. The van der Waals surface area contributed by atoms with Gasteiger partial charge in [-0.3, -0.25) is 4.79 Å². The Morgan fingerprint density at radius 3 is 2.81 bits per heavy atom. The fourth-order valence-corrected chi connectivity index (χ4v) is 3.83. The second-order valence-electron chi connectivity index (χ2n) is 6.97. The molecule has 0 bridgehead atoms. The van der Waals surface area contributed by atoms with Gasteiger partial charge in [0, 0.05) is 13.0 Å². The molecular formula is C19H26N6OS. The highest BCUT2D eigenvalue weighted by Gasteiger charge is 2.20. The summed E-state index contributed by atoms with van der Waals surface area (Å²) in [6.45, 7) is 6.61. The Morgan fingerprint density at radius 1 is 1.30 bits per heavy atom. The van der Waals surface area contributed by atoms with Crippen LogP contribution >= 0.6 is 11.3 Å². The Labute approximate surface area is 163 Å². The lowest BCUT2D eigenvalue weighted by atomic mass is 10.1. The van der Waals surface area contributed by atoms with Crippen molar-refractivity contribution in [2.24, 2.45) is 11.7 Å². The van der Waals surface area contributed by atoms with Crippen molar-refractivity contribution in [3.8, 4) is 0 Å². The second kappa shape index (κ2) is 8.58. The number of benzene rings is 1. The highest BCUT2D eigenvalue weighted by atomic mass is 32.1. The summed E-state index contributed by atoms with van der Waals surface area (Å²) in [6, 6.07) is 7.89. The summed E-state index contributed by atoms with van der Waals surface area (Å²) >= 11 is 1.71. The van der Waals surface area contributed by atoms with Gasteiger partial charge < -0.3 is 11.1 Å². The van der Waals surface area contributed by atoms with Crippen LogP contribution in [0.25, 0.3) is 10.2 Å². The Kier molecular flexibility index (Phi) is 6.18.